The van der Waals surface area contributed by atoms with E-state index in [2.05, 4.69) is 43.9 Å². The van der Waals surface area contributed by atoms with Crippen LogP contribution in [0.3, 0.4) is 0 Å². The number of carbonyl (C=O) groups is 9. The first-order valence-electron chi connectivity index (χ1n) is 34.4. The fourth-order valence-corrected chi connectivity index (χ4v) is 6.53. The first-order valence-corrected chi connectivity index (χ1v) is 34.4. The number of methoxy groups -OCH3 is 8. The van der Waals surface area contributed by atoms with Gasteiger partial charge in [-0.3, -0.25) is 33.6 Å². The van der Waals surface area contributed by atoms with E-state index in [1.807, 2.05) is 118 Å². The van der Waals surface area contributed by atoms with Crippen molar-refractivity contribution in [1.29, 1.82) is 0 Å². The molecule has 0 saturated heterocycles. The fourth-order valence-electron chi connectivity index (χ4n) is 6.53. The molecule has 2 aromatic rings. The number of carboxylic acids is 2. The Hall–Kier alpha value is -6.97. The molecule has 0 saturated carbocycles. The van der Waals surface area contributed by atoms with E-state index in [0.717, 1.165) is 80.4 Å². The smallest absolute Gasteiger partial charge is 0.333 e. The van der Waals surface area contributed by atoms with Crippen molar-refractivity contribution in [2.75, 3.05) is 127 Å². The summed E-state index contributed by atoms with van der Waals surface area (Å²) in [4.78, 5) is 97.4. The molecular formula is C77H138N4O21. The van der Waals surface area contributed by atoms with Gasteiger partial charge in [0.1, 0.15) is 30.5 Å². The molecule has 2 unspecified atom stereocenters. The summed E-state index contributed by atoms with van der Waals surface area (Å²) in [7, 11) is 12.7. The minimum Gasteiger partial charge on any atom is -0.481 e. The predicted octanol–water partition coefficient (Wildman–Crippen LogP) is 12.9. The van der Waals surface area contributed by atoms with Crippen LogP contribution < -0.4 is 21.3 Å². The van der Waals surface area contributed by atoms with Crippen LogP contribution in [-0.2, 0) is 96.9 Å². The van der Waals surface area contributed by atoms with Gasteiger partial charge in [0.25, 0.3) is 0 Å². The molecule has 2 rings (SSSR count). The maximum absolute atomic E-state index is 11.4. The topological polar surface area (TPSA) is 335 Å². The van der Waals surface area contributed by atoms with Gasteiger partial charge in [0.15, 0.2) is 0 Å². The quantitative estimate of drug-likeness (QED) is 0.0157. The number of Topliss-reactive ketones (excluding diaryl/α,β-unsaturated/α-hetero) is 1. The Morgan fingerprint density at radius 3 is 1.25 bits per heavy atom. The van der Waals surface area contributed by atoms with Crippen LogP contribution in [-0.4, -0.2) is 198 Å². The lowest BCUT2D eigenvalue weighted by atomic mass is 9.89. The summed E-state index contributed by atoms with van der Waals surface area (Å²) in [6, 6.07) is 15.8. The minimum atomic E-state index is -0.927. The number of benzene rings is 2. The molecule has 102 heavy (non-hydrogen) atoms. The highest BCUT2D eigenvalue weighted by molar-refractivity contribution is 5.89. The Morgan fingerprint density at radius 1 is 0.520 bits per heavy atom. The van der Waals surface area contributed by atoms with Crippen molar-refractivity contribution in [3.63, 3.8) is 0 Å². The number of unbranched alkanes of at least 4 members (excludes halogenated alkanes) is 4. The third-order valence-electron chi connectivity index (χ3n) is 14.4. The molecule has 0 spiro atoms. The second-order valence-electron chi connectivity index (χ2n) is 26.1. The Balaban J connectivity index is -0.000000204. The molecule has 0 heterocycles. The molecule has 0 aliphatic carbocycles. The zero-order valence-corrected chi connectivity index (χ0v) is 67.4. The Labute approximate surface area is 613 Å². The van der Waals surface area contributed by atoms with Gasteiger partial charge < -0.3 is 83.6 Å². The monoisotopic (exact) mass is 1450 g/mol. The van der Waals surface area contributed by atoms with Gasteiger partial charge in [-0.25, -0.2) is 4.79 Å². The van der Waals surface area contributed by atoms with Gasteiger partial charge >= 0.3 is 23.9 Å². The van der Waals surface area contributed by atoms with Crippen LogP contribution in [0.15, 0.2) is 73.3 Å². The highest BCUT2D eigenvalue weighted by Crippen LogP contribution is 2.23. The number of carboxylic acid groups (broad SMARTS) is 2. The predicted molar refractivity (Wildman–Crippen MR) is 406 cm³/mol. The standard InChI is InChI=1S/C17H18N2O2.C11H21NO2.C9H19NO.C9H16O4.C9H16O2.C7H14O4.C6H12O2.C5H12O2.C4H10O2/c1-12(20)18-16-7-3-14(4-8-16)11-15-5-9-17(10-6-15)19-13(2)21;1-10(13)8-6-4-3-5-7-9-12-11(2)14;1-6-9(4,5)8(11)10-7(2)3;1-7(2)9(10)13-6-8(12-4)5-11-3;1-5-7-11-8(10)9(3,4)6-2;1-7(4-10-2,5-11-3)6(8)9;1-4-6(2,3)5(7)8;1-5(7-3)4-6-2;1-5-3-4-6-2/h3-10H,11H2,1-2H3,(H,18,20)(H,19,21);3-9H2,1-2H3,(H,12,14);7H,6H2,1-5H3,(H,10,11);8H,1,5-6H2,2-4H3;5H,1,6-7H2,2-4H3;4-5H2,1-3H3,(H,8,9);4H2,1-3H3,(H,7,8);5H,4H2,1-3H3;3-4H2,1-2H3. The van der Waals surface area contributed by atoms with Crippen molar-refractivity contribution < 1.29 is 101 Å². The molecular weight excluding hydrogens is 1320 g/mol. The van der Waals surface area contributed by atoms with E-state index in [4.69, 9.17) is 48.1 Å². The number of rotatable bonds is 38. The molecule has 0 bridgehead atoms. The van der Waals surface area contributed by atoms with Gasteiger partial charge in [-0.1, -0.05) is 97.4 Å². The largest absolute Gasteiger partial charge is 0.481 e. The average molecular weight is 1460 g/mol. The summed E-state index contributed by atoms with van der Waals surface area (Å²) in [5, 5.41) is 28.3. The van der Waals surface area contributed by atoms with Gasteiger partial charge in [0, 0.05) is 119 Å². The molecule has 0 radical (unpaired) electrons. The van der Waals surface area contributed by atoms with Crippen molar-refractivity contribution in [3.8, 4) is 0 Å². The third kappa shape index (κ3) is 68.8. The summed E-state index contributed by atoms with van der Waals surface area (Å²) in [5.41, 5.74) is 2.26. The van der Waals surface area contributed by atoms with E-state index in [-0.39, 0.29) is 84.3 Å². The zero-order valence-electron chi connectivity index (χ0n) is 67.4. The Morgan fingerprint density at radius 2 is 0.951 bits per heavy atom. The molecule has 6 N–H and O–H groups in total. The fraction of sp³-hybridized carbons (Fsp3) is 0.675. The summed E-state index contributed by atoms with van der Waals surface area (Å²) in [6.07, 6.45) is 10.9. The van der Waals surface area contributed by atoms with E-state index < -0.39 is 28.7 Å². The minimum absolute atomic E-state index is 0.0431. The number of ketones is 1. The van der Waals surface area contributed by atoms with E-state index in [0.29, 0.717) is 51.4 Å². The Kier molecular flexibility index (Phi) is 71.5. The lowest BCUT2D eigenvalue weighted by molar-refractivity contribution is -0.155. The van der Waals surface area contributed by atoms with E-state index in [1.165, 1.54) is 42.1 Å². The Bertz CT molecular complexity index is 2450. The van der Waals surface area contributed by atoms with Crippen molar-refractivity contribution >= 4 is 64.7 Å². The first kappa shape index (κ1) is 108. The maximum atomic E-state index is 11.4. The molecule has 25 nitrogen and oxygen atoms in total. The molecule has 0 aromatic heterocycles. The number of anilines is 2. The number of ether oxygens (including phenoxy) is 10. The summed E-state index contributed by atoms with van der Waals surface area (Å²) in [5.74, 6) is -1.85. The number of esters is 2. The van der Waals surface area contributed by atoms with Crippen LogP contribution in [0.5, 0.6) is 0 Å². The molecule has 0 fully saturated rings. The third-order valence-corrected chi connectivity index (χ3v) is 14.4. The molecule has 0 aliphatic heterocycles. The van der Waals surface area contributed by atoms with Gasteiger partial charge in [-0.05, 0) is 143 Å². The normalized spacial score (nSPS) is 11.0. The molecule has 4 amide bonds. The van der Waals surface area contributed by atoms with E-state index in [1.54, 1.807) is 76.2 Å². The molecule has 2 atom stereocenters. The number of hydrogen-bond acceptors (Lipinski definition) is 19. The number of carbonyl (C=O) groups excluding carboxylic acids is 7. The summed E-state index contributed by atoms with van der Waals surface area (Å²) in [6.45, 7) is 43.2. The van der Waals surface area contributed by atoms with Crippen molar-refractivity contribution in [1.82, 2.24) is 10.6 Å². The highest BCUT2D eigenvalue weighted by Gasteiger charge is 2.33. The lowest BCUT2D eigenvalue weighted by Gasteiger charge is -2.22. The van der Waals surface area contributed by atoms with E-state index in [9.17, 15) is 43.2 Å². The number of amides is 4. The van der Waals surface area contributed by atoms with Gasteiger partial charge in [-0.2, -0.15) is 0 Å². The highest BCUT2D eigenvalue weighted by atomic mass is 16.6. The molecule has 0 aliphatic rings. The number of aliphatic carboxylic acids is 2. The van der Waals surface area contributed by atoms with Crippen LogP contribution in [0.25, 0.3) is 0 Å². The summed E-state index contributed by atoms with van der Waals surface area (Å²) >= 11 is 0. The van der Waals surface area contributed by atoms with E-state index >= 15 is 0 Å². The second kappa shape index (κ2) is 67.2. The van der Waals surface area contributed by atoms with Crippen LogP contribution in [0.1, 0.15) is 194 Å². The SMILES string of the molecule is C=C(C)C(=O)OCC(COC)OC.C=CCOC(=O)C(C)(C)CC.CC(=O)CCCCCCCNC(C)=O.CC(=O)Nc1ccc(Cc2ccc(NC(C)=O)cc2)cc1.CCC(C)(C)C(=O)NC(C)C.CCC(C)(C)C(=O)O.COCC(C)(COC)C(=O)O.COCC(C)OC.COCCOC. The lowest BCUT2D eigenvalue weighted by Crippen LogP contribution is -2.40. The van der Waals surface area contributed by atoms with Gasteiger partial charge in [-0.15, -0.1) is 0 Å². The second-order valence-corrected chi connectivity index (χ2v) is 26.1. The first-order chi connectivity index (χ1) is 47.5. The van der Waals surface area contributed by atoms with Crippen LogP contribution >= 0.6 is 0 Å². The van der Waals surface area contributed by atoms with Crippen molar-refractivity contribution in [2.45, 2.75) is 207 Å². The maximum Gasteiger partial charge on any atom is 0.333 e. The van der Waals surface area contributed by atoms with Crippen molar-refractivity contribution in [3.05, 3.63) is 84.5 Å². The number of hydrogen-bond donors (Lipinski definition) is 6. The van der Waals surface area contributed by atoms with Crippen LogP contribution in [0.4, 0.5) is 11.4 Å². The van der Waals surface area contributed by atoms with Crippen LogP contribution in [0.2, 0.25) is 0 Å². The molecule has 2 aromatic carbocycles. The number of nitrogens with one attached hydrogen (secondary N) is 4. The van der Waals surface area contributed by atoms with Gasteiger partial charge in [0.05, 0.1) is 56.6 Å². The van der Waals surface area contributed by atoms with Gasteiger partial charge in [0.2, 0.25) is 23.6 Å². The zero-order chi connectivity index (χ0) is 80.5. The molecule has 25 heteroatoms. The average Bonchev–Trinajstić information content (AvgIpc) is 0.875. The van der Waals surface area contributed by atoms with Crippen molar-refractivity contribution in [2.24, 2.45) is 21.7 Å². The molecule has 592 valence electrons. The summed E-state index contributed by atoms with van der Waals surface area (Å²) < 4.78 is 48.1. The van der Waals surface area contributed by atoms with Crippen LogP contribution in [0, 0.1) is 21.7 Å².